The molecule has 1 heterocycles. The number of amides is 2. The minimum atomic E-state index is -0.305. The standard InChI is InChI=1S/C16H21N3O3S/c1-16(2,3)19-14(20)18-15-17-12(9-23-15)11-8-10(21-4)6-7-13(11)22-5/h6-9H,1-5H3,(H2,17,18,19,20). The second kappa shape index (κ2) is 6.87. The Bertz CT molecular complexity index is 692. The Hall–Kier alpha value is -2.28. The van der Waals surface area contributed by atoms with Crippen molar-refractivity contribution in [2.75, 3.05) is 19.5 Å². The first kappa shape index (κ1) is 17.1. The first-order valence-electron chi connectivity index (χ1n) is 7.09. The average molecular weight is 335 g/mol. The molecule has 23 heavy (non-hydrogen) atoms. The van der Waals surface area contributed by atoms with Crippen LogP contribution >= 0.6 is 11.3 Å². The first-order valence-corrected chi connectivity index (χ1v) is 7.97. The number of thiazole rings is 1. The number of aromatic nitrogens is 1. The number of rotatable bonds is 4. The summed E-state index contributed by atoms with van der Waals surface area (Å²) >= 11 is 1.35. The van der Waals surface area contributed by atoms with Crippen molar-refractivity contribution < 1.29 is 14.3 Å². The molecule has 0 unspecified atom stereocenters. The summed E-state index contributed by atoms with van der Waals surface area (Å²) < 4.78 is 10.6. The fourth-order valence-electron chi connectivity index (χ4n) is 1.94. The maximum atomic E-state index is 11.9. The molecule has 0 aliphatic rings. The zero-order valence-corrected chi connectivity index (χ0v) is 14.7. The van der Waals surface area contributed by atoms with Gasteiger partial charge in [0.25, 0.3) is 0 Å². The number of nitrogens with zero attached hydrogens (tertiary/aromatic N) is 1. The Labute approximate surface area is 139 Å². The minimum Gasteiger partial charge on any atom is -0.497 e. The van der Waals surface area contributed by atoms with E-state index in [9.17, 15) is 4.79 Å². The number of nitrogens with one attached hydrogen (secondary N) is 2. The van der Waals surface area contributed by atoms with E-state index in [0.29, 0.717) is 16.6 Å². The number of benzene rings is 1. The van der Waals surface area contributed by atoms with Gasteiger partial charge in [-0.15, -0.1) is 11.3 Å². The fourth-order valence-corrected chi connectivity index (χ4v) is 2.64. The van der Waals surface area contributed by atoms with Crippen LogP contribution < -0.4 is 20.1 Å². The van der Waals surface area contributed by atoms with Crippen LogP contribution in [0.4, 0.5) is 9.93 Å². The van der Waals surface area contributed by atoms with Crippen molar-refractivity contribution in [3.63, 3.8) is 0 Å². The Morgan fingerprint density at radius 3 is 2.57 bits per heavy atom. The van der Waals surface area contributed by atoms with Crippen LogP contribution in [0, 0.1) is 0 Å². The van der Waals surface area contributed by atoms with Crippen LogP contribution in [-0.2, 0) is 0 Å². The van der Waals surface area contributed by atoms with Crippen molar-refractivity contribution >= 4 is 22.5 Å². The van der Waals surface area contributed by atoms with E-state index in [4.69, 9.17) is 9.47 Å². The van der Waals surface area contributed by atoms with Crippen LogP contribution in [0.3, 0.4) is 0 Å². The number of ether oxygens (including phenoxy) is 2. The number of methoxy groups -OCH3 is 2. The van der Waals surface area contributed by atoms with Gasteiger partial charge in [-0.3, -0.25) is 5.32 Å². The van der Waals surface area contributed by atoms with Crippen LogP contribution in [0.15, 0.2) is 23.6 Å². The van der Waals surface area contributed by atoms with Gasteiger partial charge >= 0.3 is 6.03 Å². The van der Waals surface area contributed by atoms with E-state index in [1.165, 1.54) is 11.3 Å². The molecular formula is C16H21N3O3S. The number of hydrogen-bond acceptors (Lipinski definition) is 5. The molecule has 0 aliphatic heterocycles. The Kier molecular flexibility index (Phi) is 5.10. The molecular weight excluding hydrogens is 314 g/mol. The lowest BCUT2D eigenvalue weighted by Gasteiger charge is -2.20. The van der Waals surface area contributed by atoms with Gasteiger partial charge in [0.1, 0.15) is 11.5 Å². The lowest BCUT2D eigenvalue weighted by atomic mass is 10.1. The fraction of sp³-hybridized carbons (Fsp3) is 0.375. The van der Waals surface area contributed by atoms with E-state index in [-0.39, 0.29) is 11.6 Å². The molecule has 2 amide bonds. The largest absolute Gasteiger partial charge is 0.497 e. The summed E-state index contributed by atoms with van der Waals surface area (Å²) in [7, 11) is 3.21. The van der Waals surface area contributed by atoms with Gasteiger partial charge in [-0.1, -0.05) is 0 Å². The second-order valence-electron chi connectivity index (χ2n) is 5.93. The van der Waals surface area contributed by atoms with Gasteiger partial charge in [0.15, 0.2) is 5.13 Å². The lowest BCUT2D eigenvalue weighted by Crippen LogP contribution is -2.43. The molecule has 124 valence electrons. The summed E-state index contributed by atoms with van der Waals surface area (Å²) in [6, 6.07) is 5.22. The number of urea groups is 1. The van der Waals surface area contributed by atoms with Crippen LogP contribution in [0.25, 0.3) is 11.3 Å². The molecule has 2 rings (SSSR count). The highest BCUT2D eigenvalue weighted by atomic mass is 32.1. The summed E-state index contributed by atoms with van der Waals surface area (Å²) in [6.45, 7) is 5.75. The molecule has 0 saturated heterocycles. The molecule has 7 heteroatoms. The zero-order chi connectivity index (χ0) is 17.0. The van der Waals surface area contributed by atoms with Crippen LogP contribution in [0.2, 0.25) is 0 Å². The zero-order valence-electron chi connectivity index (χ0n) is 13.9. The predicted molar refractivity (Wildman–Crippen MR) is 92.6 cm³/mol. The number of anilines is 1. The Balaban J connectivity index is 2.21. The van der Waals surface area contributed by atoms with E-state index in [1.807, 2.05) is 44.4 Å². The summed E-state index contributed by atoms with van der Waals surface area (Å²) in [5.74, 6) is 1.41. The quantitative estimate of drug-likeness (QED) is 0.892. The number of carbonyl (C=O) groups excluding carboxylic acids is 1. The van der Waals surface area contributed by atoms with E-state index < -0.39 is 0 Å². The third-order valence-electron chi connectivity index (χ3n) is 2.90. The van der Waals surface area contributed by atoms with Crippen molar-refractivity contribution in [1.29, 1.82) is 0 Å². The molecule has 1 aromatic carbocycles. The highest BCUT2D eigenvalue weighted by Gasteiger charge is 2.16. The van der Waals surface area contributed by atoms with E-state index in [1.54, 1.807) is 14.2 Å². The van der Waals surface area contributed by atoms with Gasteiger partial charge in [-0.2, -0.15) is 0 Å². The summed E-state index contributed by atoms with van der Waals surface area (Å²) in [5, 5.41) is 7.95. The van der Waals surface area contributed by atoms with Gasteiger partial charge < -0.3 is 14.8 Å². The molecule has 0 atom stereocenters. The SMILES string of the molecule is COc1ccc(OC)c(-c2csc(NC(=O)NC(C)(C)C)n2)c1. The van der Waals surface area contributed by atoms with Crippen molar-refractivity contribution in [3.8, 4) is 22.8 Å². The van der Waals surface area contributed by atoms with Gasteiger partial charge in [0, 0.05) is 16.5 Å². The van der Waals surface area contributed by atoms with Crippen molar-refractivity contribution in [2.24, 2.45) is 0 Å². The molecule has 0 bridgehead atoms. The molecule has 1 aromatic heterocycles. The maximum Gasteiger partial charge on any atom is 0.321 e. The van der Waals surface area contributed by atoms with E-state index in [2.05, 4.69) is 15.6 Å². The molecule has 6 nitrogen and oxygen atoms in total. The summed E-state index contributed by atoms with van der Waals surface area (Å²) in [4.78, 5) is 16.3. The van der Waals surface area contributed by atoms with Crippen LogP contribution in [-0.4, -0.2) is 30.8 Å². The number of carbonyl (C=O) groups is 1. The van der Waals surface area contributed by atoms with E-state index in [0.717, 1.165) is 11.3 Å². The monoisotopic (exact) mass is 335 g/mol. The molecule has 0 spiro atoms. The van der Waals surface area contributed by atoms with Crippen LogP contribution in [0.1, 0.15) is 20.8 Å². The molecule has 0 radical (unpaired) electrons. The predicted octanol–water partition coefficient (Wildman–Crippen LogP) is 3.75. The van der Waals surface area contributed by atoms with Gasteiger partial charge in [-0.05, 0) is 39.0 Å². The third kappa shape index (κ3) is 4.59. The van der Waals surface area contributed by atoms with Gasteiger partial charge in [0.05, 0.1) is 19.9 Å². The average Bonchev–Trinajstić information content (AvgIpc) is 2.92. The maximum absolute atomic E-state index is 11.9. The third-order valence-corrected chi connectivity index (χ3v) is 3.65. The summed E-state index contributed by atoms with van der Waals surface area (Å²) in [5.41, 5.74) is 1.23. The second-order valence-corrected chi connectivity index (χ2v) is 6.79. The van der Waals surface area contributed by atoms with E-state index >= 15 is 0 Å². The molecule has 0 fully saturated rings. The van der Waals surface area contributed by atoms with Crippen molar-refractivity contribution in [2.45, 2.75) is 26.3 Å². The Morgan fingerprint density at radius 2 is 1.96 bits per heavy atom. The smallest absolute Gasteiger partial charge is 0.321 e. The van der Waals surface area contributed by atoms with Crippen molar-refractivity contribution in [3.05, 3.63) is 23.6 Å². The first-order chi connectivity index (χ1) is 10.8. The molecule has 0 aliphatic carbocycles. The van der Waals surface area contributed by atoms with Gasteiger partial charge in [0.2, 0.25) is 0 Å². The highest BCUT2D eigenvalue weighted by molar-refractivity contribution is 7.14. The molecule has 2 aromatic rings. The lowest BCUT2D eigenvalue weighted by molar-refractivity contribution is 0.244. The number of hydrogen-bond donors (Lipinski definition) is 2. The molecule has 0 saturated carbocycles. The van der Waals surface area contributed by atoms with Gasteiger partial charge in [-0.25, -0.2) is 9.78 Å². The normalized spacial score (nSPS) is 11.0. The Morgan fingerprint density at radius 1 is 1.22 bits per heavy atom. The van der Waals surface area contributed by atoms with Crippen LogP contribution in [0.5, 0.6) is 11.5 Å². The highest BCUT2D eigenvalue weighted by Crippen LogP contribution is 2.34. The molecule has 2 N–H and O–H groups in total. The summed E-state index contributed by atoms with van der Waals surface area (Å²) in [6.07, 6.45) is 0. The minimum absolute atomic E-state index is 0.281. The topological polar surface area (TPSA) is 72.5 Å². The van der Waals surface area contributed by atoms with Crippen molar-refractivity contribution in [1.82, 2.24) is 10.3 Å².